The van der Waals surface area contributed by atoms with Gasteiger partial charge >= 0.3 is 0 Å². The van der Waals surface area contributed by atoms with Crippen molar-refractivity contribution < 1.29 is 5.11 Å². The Hall–Kier alpha value is -1.18. The zero-order valence-corrected chi connectivity index (χ0v) is 11.2. The molecule has 0 radical (unpaired) electrons. The van der Waals surface area contributed by atoms with Crippen molar-refractivity contribution >= 4 is 5.69 Å². The van der Waals surface area contributed by atoms with Crippen LogP contribution < -0.4 is 4.90 Å². The minimum Gasteiger partial charge on any atom is -0.507 e. The second-order valence-corrected chi connectivity index (χ2v) is 5.21. The van der Waals surface area contributed by atoms with Crippen molar-refractivity contribution in [3.63, 3.8) is 0 Å². The zero-order chi connectivity index (χ0) is 12.4. The van der Waals surface area contributed by atoms with Crippen molar-refractivity contribution in [2.45, 2.75) is 45.4 Å². The third-order valence-electron chi connectivity index (χ3n) is 3.68. The van der Waals surface area contributed by atoms with Gasteiger partial charge < -0.3 is 10.0 Å². The Kier molecular flexibility index (Phi) is 3.60. The van der Waals surface area contributed by atoms with Gasteiger partial charge in [0.25, 0.3) is 0 Å². The lowest BCUT2D eigenvalue weighted by Gasteiger charge is -2.26. The third-order valence-corrected chi connectivity index (χ3v) is 3.68. The molecular formula is C15H23NO. The summed E-state index contributed by atoms with van der Waals surface area (Å²) in [6.07, 6.45) is 6.67. The first kappa shape index (κ1) is 12.3. The summed E-state index contributed by atoms with van der Waals surface area (Å²) in [7, 11) is 4.19. The second-order valence-electron chi connectivity index (χ2n) is 5.21. The first-order valence-corrected chi connectivity index (χ1v) is 6.69. The molecule has 0 spiro atoms. The Labute approximate surface area is 104 Å². The monoisotopic (exact) mass is 233 g/mol. The van der Waals surface area contributed by atoms with Gasteiger partial charge in [-0.3, -0.25) is 0 Å². The predicted molar refractivity (Wildman–Crippen MR) is 73.1 cm³/mol. The summed E-state index contributed by atoms with van der Waals surface area (Å²) in [5.74, 6) is 0.576. The van der Waals surface area contributed by atoms with Crippen LogP contribution in [-0.4, -0.2) is 19.2 Å². The van der Waals surface area contributed by atoms with Crippen LogP contribution in [0, 0.1) is 0 Å². The Morgan fingerprint density at radius 2 is 1.82 bits per heavy atom. The Bertz CT molecular complexity index is 410. The fraction of sp³-hybridized carbons (Fsp3) is 0.600. The van der Waals surface area contributed by atoms with E-state index in [1.54, 1.807) is 0 Å². The van der Waals surface area contributed by atoms with E-state index >= 15 is 0 Å². The number of hydrogen-bond donors (Lipinski definition) is 1. The third kappa shape index (κ3) is 2.26. The number of phenols is 1. The van der Waals surface area contributed by atoms with Gasteiger partial charge in [0.05, 0.1) is 0 Å². The summed E-state index contributed by atoms with van der Waals surface area (Å²) >= 11 is 0. The standard InChI is InChI=1S/C15H23NO/c1-4-7-11-10-14(16(2)3)12-8-5-6-9-13(12)15(11)17/h10,17H,4-9H2,1-3H3. The van der Waals surface area contributed by atoms with Crippen LogP contribution in [-0.2, 0) is 19.3 Å². The van der Waals surface area contributed by atoms with Crippen molar-refractivity contribution in [1.82, 2.24) is 0 Å². The van der Waals surface area contributed by atoms with Crippen LogP contribution in [0.1, 0.15) is 42.9 Å². The van der Waals surface area contributed by atoms with Crippen molar-refractivity contribution in [2.75, 3.05) is 19.0 Å². The first-order valence-electron chi connectivity index (χ1n) is 6.69. The van der Waals surface area contributed by atoms with Gasteiger partial charge in [0.1, 0.15) is 5.75 Å². The fourth-order valence-corrected chi connectivity index (χ4v) is 2.82. The Morgan fingerprint density at radius 3 is 2.41 bits per heavy atom. The van der Waals surface area contributed by atoms with Gasteiger partial charge in [-0.05, 0) is 54.9 Å². The van der Waals surface area contributed by atoms with Crippen molar-refractivity contribution in [2.24, 2.45) is 0 Å². The number of anilines is 1. The zero-order valence-electron chi connectivity index (χ0n) is 11.2. The van der Waals surface area contributed by atoms with Crippen LogP contribution in [0.15, 0.2) is 6.07 Å². The average Bonchev–Trinajstić information content (AvgIpc) is 2.32. The number of aryl methyl sites for hydroxylation is 1. The van der Waals surface area contributed by atoms with Crippen LogP contribution >= 0.6 is 0 Å². The molecule has 0 saturated heterocycles. The summed E-state index contributed by atoms with van der Waals surface area (Å²) < 4.78 is 0. The van der Waals surface area contributed by atoms with Gasteiger partial charge in [-0.1, -0.05) is 13.3 Å². The molecule has 2 nitrogen and oxygen atoms in total. The molecule has 1 aliphatic rings. The number of nitrogens with zero attached hydrogens (tertiary/aromatic N) is 1. The lowest BCUT2D eigenvalue weighted by molar-refractivity contribution is 0.454. The molecule has 17 heavy (non-hydrogen) atoms. The van der Waals surface area contributed by atoms with E-state index in [1.165, 1.54) is 29.7 Å². The molecule has 1 aliphatic carbocycles. The van der Waals surface area contributed by atoms with E-state index < -0.39 is 0 Å². The summed E-state index contributed by atoms with van der Waals surface area (Å²) in [6.45, 7) is 2.16. The minimum absolute atomic E-state index is 0.576. The van der Waals surface area contributed by atoms with E-state index in [0.717, 1.165) is 31.2 Å². The summed E-state index contributed by atoms with van der Waals surface area (Å²) in [4.78, 5) is 2.18. The molecule has 1 aromatic rings. The van der Waals surface area contributed by atoms with Crippen LogP contribution in [0.3, 0.4) is 0 Å². The fourth-order valence-electron chi connectivity index (χ4n) is 2.82. The van der Waals surface area contributed by atoms with Gasteiger partial charge in [-0.2, -0.15) is 0 Å². The van der Waals surface area contributed by atoms with Crippen LogP contribution in [0.2, 0.25) is 0 Å². The number of phenolic OH excluding ortho intramolecular Hbond substituents is 1. The molecule has 2 rings (SSSR count). The van der Waals surface area contributed by atoms with Crippen molar-refractivity contribution in [3.8, 4) is 5.75 Å². The largest absolute Gasteiger partial charge is 0.507 e. The number of rotatable bonds is 3. The smallest absolute Gasteiger partial charge is 0.122 e. The maximum Gasteiger partial charge on any atom is 0.122 e. The first-order chi connectivity index (χ1) is 8.15. The minimum atomic E-state index is 0.576. The molecule has 0 fully saturated rings. The van der Waals surface area contributed by atoms with E-state index in [-0.39, 0.29) is 0 Å². The average molecular weight is 233 g/mol. The highest BCUT2D eigenvalue weighted by molar-refractivity contribution is 5.64. The summed E-state index contributed by atoms with van der Waals surface area (Å²) in [5, 5.41) is 10.4. The molecule has 0 atom stereocenters. The number of fused-ring (bicyclic) bond motifs is 1. The van der Waals surface area contributed by atoms with Crippen LogP contribution in [0.5, 0.6) is 5.75 Å². The van der Waals surface area contributed by atoms with E-state index in [2.05, 4.69) is 32.0 Å². The van der Waals surface area contributed by atoms with Gasteiger partial charge in [0.15, 0.2) is 0 Å². The number of aromatic hydroxyl groups is 1. The maximum absolute atomic E-state index is 10.4. The van der Waals surface area contributed by atoms with Crippen molar-refractivity contribution in [3.05, 3.63) is 22.8 Å². The van der Waals surface area contributed by atoms with Gasteiger partial charge in [-0.15, -0.1) is 0 Å². The highest BCUT2D eigenvalue weighted by Gasteiger charge is 2.20. The maximum atomic E-state index is 10.4. The highest BCUT2D eigenvalue weighted by Crippen LogP contribution is 2.38. The van der Waals surface area contributed by atoms with E-state index in [0.29, 0.717) is 5.75 Å². The number of benzene rings is 1. The molecule has 1 N–H and O–H groups in total. The summed E-state index contributed by atoms with van der Waals surface area (Å²) in [5.41, 5.74) is 5.02. The molecule has 0 unspecified atom stereocenters. The molecule has 0 saturated carbocycles. The van der Waals surface area contributed by atoms with E-state index in [1.807, 2.05) is 0 Å². The van der Waals surface area contributed by atoms with Gasteiger partial charge in [0.2, 0.25) is 0 Å². The van der Waals surface area contributed by atoms with Crippen LogP contribution in [0.4, 0.5) is 5.69 Å². The van der Waals surface area contributed by atoms with Gasteiger partial charge in [0, 0.05) is 19.8 Å². The molecule has 0 aliphatic heterocycles. The lowest BCUT2D eigenvalue weighted by Crippen LogP contribution is -2.16. The Morgan fingerprint density at radius 1 is 1.18 bits per heavy atom. The molecule has 94 valence electrons. The molecule has 0 heterocycles. The Balaban J connectivity index is 2.55. The van der Waals surface area contributed by atoms with Gasteiger partial charge in [-0.25, -0.2) is 0 Å². The lowest BCUT2D eigenvalue weighted by atomic mass is 9.87. The molecule has 2 heteroatoms. The normalized spacial score (nSPS) is 14.5. The number of hydrogen-bond acceptors (Lipinski definition) is 2. The molecular weight excluding hydrogens is 210 g/mol. The van der Waals surface area contributed by atoms with E-state index in [9.17, 15) is 5.11 Å². The molecule has 0 bridgehead atoms. The SMILES string of the molecule is CCCc1cc(N(C)C)c2c(c1O)CCCC2. The van der Waals surface area contributed by atoms with Crippen LogP contribution in [0.25, 0.3) is 0 Å². The molecule has 0 amide bonds. The quantitative estimate of drug-likeness (QED) is 0.866. The van der Waals surface area contributed by atoms with Crippen molar-refractivity contribution in [1.29, 1.82) is 0 Å². The molecule has 1 aromatic carbocycles. The highest BCUT2D eigenvalue weighted by atomic mass is 16.3. The topological polar surface area (TPSA) is 23.5 Å². The predicted octanol–water partition coefficient (Wildman–Crippen LogP) is 3.29. The van der Waals surface area contributed by atoms with E-state index in [4.69, 9.17) is 0 Å². The molecule has 0 aromatic heterocycles. The summed E-state index contributed by atoms with van der Waals surface area (Å²) in [6, 6.07) is 2.18. The second kappa shape index (κ2) is 4.99.